The molecular formula is C21H23ClN2O. The number of hydrogen-bond donors (Lipinski definition) is 2. The maximum atomic E-state index is 12.5. The summed E-state index contributed by atoms with van der Waals surface area (Å²) in [4.78, 5) is 15.8. The van der Waals surface area contributed by atoms with Crippen molar-refractivity contribution in [3.63, 3.8) is 0 Å². The average molecular weight is 355 g/mol. The van der Waals surface area contributed by atoms with Gasteiger partial charge in [0.25, 0.3) is 0 Å². The maximum Gasteiger partial charge on any atom is 0.220 e. The molecule has 4 heteroatoms. The largest absolute Gasteiger partial charge is 0.361 e. The van der Waals surface area contributed by atoms with E-state index in [4.69, 9.17) is 11.6 Å². The molecule has 0 radical (unpaired) electrons. The van der Waals surface area contributed by atoms with Gasteiger partial charge in [-0.3, -0.25) is 4.79 Å². The number of aromatic nitrogens is 1. The third-order valence-electron chi connectivity index (χ3n) is 4.34. The first-order valence-electron chi connectivity index (χ1n) is 8.62. The zero-order valence-electron chi connectivity index (χ0n) is 14.6. The molecule has 25 heavy (non-hydrogen) atoms. The lowest BCUT2D eigenvalue weighted by molar-refractivity contribution is -0.121. The minimum absolute atomic E-state index is 0.0398. The van der Waals surface area contributed by atoms with Gasteiger partial charge in [-0.15, -0.1) is 0 Å². The van der Waals surface area contributed by atoms with Crippen molar-refractivity contribution >= 4 is 28.4 Å². The number of rotatable bonds is 6. The molecule has 2 aromatic carbocycles. The normalized spacial score (nSPS) is 12.5. The standard InChI is InChI=1S/C21H23ClN2O/c1-14(2)12-24-21(25)11-18(15-6-5-7-16(22)10-15)19-13-23-20-9-4-3-8-17(19)20/h3-10,13-14,18,23H,11-12H2,1-2H3,(H,24,25). The molecule has 0 saturated heterocycles. The Morgan fingerprint density at radius 2 is 1.96 bits per heavy atom. The fourth-order valence-corrected chi connectivity index (χ4v) is 3.29. The summed E-state index contributed by atoms with van der Waals surface area (Å²) in [6.07, 6.45) is 2.40. The predicted octanol–water partition coefficient (Wildman–Crippen LogP) is 5.12. The molecular weight excluding hydrogens is 332 g/mol. The summed E-state index contributed by atoms with van der Waals surface area (Å²) in [5.41, 5.74) is 3.25. The van der Waals surface area contributed by atoms with Crippen LogP contribution in [-0.4, -0.2) is 17.4 Å². The Kier molecular flexibility index (Phi) is 5.44. The second-order valence-electron chi connectivity index (χ2n) is 6.80. The smallest absolute Gasteiger partial charge is 0.220 e. The molecule has 1 aromatic heterocycles. The number of fused-ring (bicyclic) bond motifs is 1. The van der Waals surface area contributed by atoms with Gasteiger partial charge in [0.2, 0.25) is 5.91 Å². The topological polar surface area (TPSA) is 44.9 Å². The van der Waals surface area contributed by atoms with E-state index in [-0.39, 0.29) is 11.8 Å². The van der Waals surface area contributed by atoms with Crippen molar-refractivity contribution in [3.05, 3.63) is 70.9 Å². The van der Waals surface area contributed by atoms with E-state index in [0.29, 0.717) is 23.9 Å². The van der Waals surface area contributed by atoms with Crippen LogP contribution in [0.2, 0.25) is 5.02 Å². The van der Waals surface area contributed by atoms with Crippen molar-refractivity contribution in [2.75, 3.05) is 6.54 Å². The molecule has 0 bridgehead atoms. The van der Waals surface area contributed by atoms with Gasteiger partial charge in [-0.1, -0.05) is 55.8 Å². The Morgan fingerprint density at radius 3 is 2.72 bits per heavy atom. The third-order valence-corrected chi connectivity index (χ3v) is 4.58. The molecule has 3 aromatic rings. The van der Waals surface area contributed by atoms with Crippen LogP contribution in [-0.2, 0) is 4.79 Å². The number of aromatic amines is 1. The van der Waals surface area contributed by atoms with E-state index in [1.54, 1.807) is 0 Å². The Balaban J connectivity index is 1.96. The molecule has 0 aliphatic rings. The summed E-state index contributed by atoms with van der Waals surface area (Å²) in [6.45, 7) is 4.87. The molecule has 1 unspecified atom stereocenters. The Labute approximate surface area is 153 Å². The van der Waals surface area contributed by atoms with Crippen LogP contribution < -0.4 is 5.32 Å². The first-order valence-corrected chi connectivity index (χ1v) is 9.00. The van der Waals surface area contributed by atoms with Crippen LogP contribution in [0.3, 0.4) is 0 Å². The van der Waals surface area contributed by atoms with E-state index >= 15 is 0 Å². The van der Waals surface area contributed by atoms with Crippen LogP contribution in [0, 0.1) is 5.92 Å². The Hall–Kier alpha value is -2.26. The zero-order chi connectivity index (χ0) is 17.8. The van der Waals surface area contributed by atoms with Gasteiger partial charge in [0, 0.05) is 41.0 Å². The molecule has 130 valence electrons. The number of carbonyl (C=O) groups excluding carboxylic acids is 1. The number of halogens is 1. The summed E-state index contributed by atoms with van der Waals surface area (Å²) in [5.74, 6) is 0.452. The summed E-state index contributed by atoms with van der Waals surface area (Å²) >= 11 is 6.20. The highest BCUT2D eigenvalue weighted by atomic mass is 35.5. The van der Waals surface area contributed by atoms with Crippen molar-refractivity contribution in [2.45, 2.75) is 26.2 Å². The van der Waals surface area contributed by atoms with Gasteiger partial charge in [-0.05, 0) is 35.2 Å². The fraction of sp³-hybridized carbons (Fsp3) is 0.286. The molecule has 1 amide bonds. The molecule has 0 saturated carbocycles. The van der Waals surface area contributed by atoms with Crippen LogP contribution in [0.4, 0.5) is 0 Å². The average Bonchev–Trinajstić information content (AvgIpc) is 3.02. The number of benzene rings is 2. The summed E-state index contributed by atoms with van der Waals surface area (Å²) in [5, 5.41) is 4.85. The summed E-state index contributed by atoms with van der Waals surface area (Å²) in [7, 11) is 0. The van der Waals surface area contributed by atoms with Crippen LogP contribution in [0.25, 0.3) is 10.9 Å². The quantitative estimate of drug-likeness (QED) is 0.634. The maximum absolute atomic E-state index is 12.5. The van der Waals surface area contributed by atoms with Crippen molar-refractivity contribution in [1.82, 2.24) is 10.3 Å². The summed E-state index contributed by atoms with van der Waals surface area (Å²) in [6, 6.07) is 15.9. The Morgan fingerprint density at radius 1 is 1.16 bits per heavy atom. The van der Waals surface area contributed by atoms with E-state index in [0.717, 1.165) is 22.0 Å². The van der Waals surface area contributed by atoms with Crippen molar-refractivity contribution < 1.29 is 4.79 Å². The minimum Gasteiger partial charge on any atom is -0.361 e. The van der Waals surface area contributed by atoms with Crippen LogP contribution in [0.15, 0.2) is 54.7 Å². The predicted molar refractivity (Wildman–Crippen MR) is 104 cm³/mol. The van der Waals surface area contributed by atoms with Gasteiger partial charge < -0.3 is 10.3 Å². The minimum atomic E-state index is -0.0398. The van der Waals surface area contributed by atoms with Crippen LogP contribution in [0.1, 0.15) is 37.3 Å². The first kappa shape index (κ1) is 17.6. The van der Waals surface area contributed by atoms with E-state index in [9.17, 15) is 4.79 Å². The highest BCUT2D eigenvalue weighted by molar-refractivity contribution is 6.30. The van der Waals surface area contributed by atoms with Crippen molar-refractivity contribution in [1.29, 1.82) is 0 Å². The molecule has 0 aliphatic heterocycles. The SMILES string of the molecule is CC(C)CNC(=O)CC(c1cccc(Cl)c1)c1c[nH]c2ccccc12. The molecule has 0 fully saturated rings. The van der Waals surface area contributed by atoms with Crippen molar-refractivity contribution in [3.8, 4) is 0 Å². The number of para-hydroxylation sites is 1. The van der Waals surface area contributed by atoms with Gasteiger partial charge in [0.05, 0.1) is 0 Å². The second-order valence-corrected chi connectivity index (χ2v) is 7.24. The highest BCUT2D eigenvalue weighted by Gasteiger charge is 2.21. The van der Waals surface area contributed by atoms with E-state index < -0.39 is 0 Å². The van der Waals surface area contributed by atoms with Gasteiger partial charge in [0.1, 0.15) is 0 Å². The molecule has 2 N–H and O–H groups in total. The summed E-state index contributed by atoms with van der Waals surface area (Å²) < 4.78 is 0. The fourth-order valence-electron chi connectivity index (χ4n) is 3.09. The number of nitrogens with one attached hydrogen (secondary N) is 2. The van der Waals surface area contributed by atoms with Gasteiger partial charge in [-0.2, -0.15) is 0 Å². The first-order chi connectivity index (χ1) is 12.0. The number of hydrogen-bond acceptors (Lipinski definition) is 1. The van der Waals surface area contributed by atoms with Crippen LogP contribution >= 0.6 is 11.6 Å². The molecule has 3 nitrogen and oxygen atoms in total. The molecule has 0 spiro atoms. The number of amides is 1. The van der Waals surface area contributed by atoms with Crippen molar-refractivity contribution in [2.24, 2.45) is 5.92 Å². The van der Waals surface area contributed by atoms with Gasteiger partial charge in [0.15, 0.2) is 0 Å². The lowest BCUT2D eigenvalue weighted by atomic mass is 9.88. The van der Waals surface area contributed by atoms with Gasteiger partial charge >= 0.3 is 0 Å². The van der Waals surface area contributed by atoms with Crippen LogP contribution in [0.5, 0.6) is 0 Å². The monoisotopic (exact) mass is 354 g/mol. The zero-order valence-corrected chi connectivity index (χ0v) is 15.3. The molecule has 1 atom stereocenters. The number of carbonyl (C=O) groups is 1. The number of H-pyrrole nitrogens is 1. The van der Waals surface area contributed by atoms with E-state index in [1.165, 1.54) is 0 Å². The molecule has 3 rings (SSSR count). The highest BCUT2D eigenvalue weighted by Crippen LogP contribution is 2.34. The lowest BCUT2D eigenvalue weighted by Gasteiger charge is -2.18. The van der Waals surface area contributed by atoms with Gasteiger partial charge in [-0.25, -0.2) is 0 Å². The molecule has 1 heterocycles. The third kappa shape index (κ3) is 4.23. The Bertz CT molecular complexity index is 869. The molecule has 0 aliphatic carbocycles. The van der Waals surface area contributed by atoms with E-state index in [1.807, 2.05) is 48.7 Å². The van der Waals surface area contributed by atoms with E-state index in [2.05, 4.69) is 30.2 Å². The second kappa shape index (κ2) is 7.75. The lowest BCUT2D eigenvalue weighted by Crippen LogP contribution is -2.28.